The van der Waals surface area contributed by atoms with Crippen molar-refractivity contribution < 1.29 is 13.2 Å². The molecule has 1 unspecified atom stereocenters. The average molecular weight is 576 g/mol. The van der Waals surface area contributed by atoms with E-state index in [-0.39, 0.29) is 10.8 Å². The molecule has 3 aliphatic rings. The Kier molecular flexibility index (Phi) is 7.65. The van der Waals surface area contributed by atoms with Gasteiger partial charge in [-0.25, -0.2) is 13.1 Å². The molecule has 208 valence electrons. The molecule has 0 saturated carbocycles. The highest BCUT2D eigenvalue weighted by molar-refractivity contribution is 8.18. The SMILES string of the molecule is CC1CCCN(S(=O)(=O)c2cccc(-c3nn(-c4ccccc4)cc3C=C3SC(N4CCCCC4)=NC3=O)c2)C1. The molecular formula is C30H33N5O3S2. The summed E-state index contributed by atoms with van der Waals surface area (Å²) < 4.78 is 30.5. The third-order valence-corrected chi connectivity index (χ3v) is 10.6. The first kappa shape index (κ1) is 27.0. The van der Waals surface area contributed by atoms with E-state index >= 15 is 0 Å². The fourth-order valence-corrected chi connectivity index (χ4v) is 8.11. The van der Waals surface area contributed by atoms with Gasteiger partial charge in [-0.15, -0.1) is 0 Å². The molecule has 1 amide bonds. The van der Waals surface area contributed by atoms with Crippen LogP contribution >= 0.6 is 11.8 Å². The van der Waals surface area contributed by atoms with Crippen molar-refractivity contribution >= 4 is 38.9 Å². The number of benzene rings is 2. The molecule has 0 spiro atoms. The number of nitrogens with zero attached hydrogens (tertiary/aromatic N) is 5. The van der Waals surface area contributed by atoms with Crippen LogP contribution in [-0.2, 0) is 14.8 Å². The number of carbonyl (C=O) groups is 1. The summed E-state index contributed by atoms with van der Waals surface area (Å²) in [6.45, 7) is 5.00. The Labute approximate surface area is 239 Å². The zero-order valence-corrected chi connectivity index (χ0v) is 24.2. The van der Waals surface area contributed by atoms with Crippen LogP contribution in [0.5, 0.6) is 0 Å². The van der Waals surface area contributed by atoms with Crippen molar-refractivity contribution in [2.75, 3.05) is 26.2 Å². The molecule has 1 atom stereocenters. The van der Waals surface area contributed by atoms with Crippen molar-refractivity contribution in [2.45, 2.75) is 43.9 Å². The standard InChI is InChI=1S/C30H33N5O3S2/c1-22-10-9-17-34(20-22)40(37,38)26-14-8-11-23(18-26)28-24(21-35(32-28)25-12-4-2-5-13-25)19-27-29(36)31-30(39-27)33-15-6-3-7-16-33/h2,4-5,8,11-14,18-19,21-22H,3,6-7,9-10,15-17,20H2,1H3. The van der Waals surface area contributed by atoms with Gasteiger partial charge in [0, 0.05) is 43.5 Å². The summed E-state index contributed by atoms with van der Waals surface area (Å²) in [5.41, 5.74) is 2.89. The van der Waals surface area contributed by atoms with Gasteiger partial charge in [-0.2, -0.15) is 14.4 Å². The lowest BCUT2D eigenvalue weighted by atomic mass is 10.0. The predicted molar refractivity (Wildman–Crippen MR) is 160 cm³/mol. The normalized spacial score (nSPS) is 21.7. The van der Waals surface area contributed by atoms with Crippen molar-refractivity contribution in [1.29, 1.82) is 0 Å². The highest BCUT2D eigenvalue weighted by atomic mass is 32.2. The van der Waals surface area contributed by atoms with Gasteiger partial charge in [0.1, 0.15) is 5.69 Å². The first-order valence-electron chi connectivity index (χ1n) is 13.9. The molecule has 0 bridgehead atoms. The third-order valence-electron chi connectivity index (χ3n) is 7.65. The molecule has 2 aromatic carbocycles. The minimum Gasteiger partial charge on any atom is -0.351 e. The Hall–Kier alpha value is -3.21. The van der Waals surface area contributed by atoms with E-state index in [2.05, 4.69) is 16.8 Å². The van der Waals surface area contributed by atoms with Crippen LogP contribution in [-0.4, -0.2) is 64.7 Å². The number of hydrogen-bond acceptors (Lipinski definition) is 6. The van der Waals surface area contributed by atoms with Crippen LogP contribution in [0.15, 0.2) is 75.6 Å². The maximum absolute atomic E-state index is 13.6. The van der Waals surface area contributed by atoms with E-state index in [1.165, 1.54) is 18.2 Å². The number of thioether (sulfide) groups is 1. The minimum absolute atomic E-state index is 0.250. The quantitative estimate of drug-likeness (QED) is 0.378. The van der Waals surface area contributed by atoms with Crippen LogP contribution in [0.1, 0.15) is 44.6 Å². The summed E-state index contributed by atoms with van der Waals surface area (Å²) in [5.74, 6) is 0.0875. The molecule has 0 aliphatic carbocycles. The van der Waals surface area contributed by atoms with Crippen LogP contribution in [0, 0.1) is 5.92 Å². The fourth-order valence-electron chi connectivity index (χ4n) is 5.51. The van der Waals surface area contributed by atoms with E-state index in [0.717, 1.165) is 55.2 Å². The van der Waals surface area contributed by atoms with Gasteiger partial charge < -0.3 is 4.90 Å². The Balaban J connectivity index is 1.37. The van der Waals surface area contributed by atoms with E-state index in [1.807, 2.05) is 48.7 Å². The van der Waals surface area contributed by atoms with Gasteiger partial charge in [-0.1, -0.05) is 37.3 Å². The molecule has 3 aliphatic heterocycles. The number of aromatic nitrogens is 2. The molecule has 10 heteroatoms. The number of rotatable bonds is 5. The second-order valence-electron chi connectivity index (χ2n) is 10.7. The number of carbonyl (C=O) groups excluding carboxylic acids is 1. The molecule has 4 heterocycles. The molecule has 40 heavy (non-hydrogen) atoms. The zero-order valence-electron chi connectivity index (χ0n) is 22.6. The van der Waals surface area contributed by atoms with Crippen LogP contribution < -0.4 is 0 Å². The van der Waals surface area contributed by atoms with E-state index in [9.17, 15) is 13.2 Å². The number of sulfonamides is 1. The first-order valence-corrected chi connectivity index (χ1v) is 16.2. The second kappa shape index (κ2) is 11.3. The number of amidine groups is 1. The van der Waals surface area contributed by atoms with Gasteiger partial charge in [0.25, 0.3) is 5.91 Å². The predicted octanol–water partition coefficient (Wildman–Crippen LogP) is 5.42. The van der Waals surface area contributed by atoms with Gasteiger partial charge in [0.05, 0.1) is 15.5 Å². The highest BCUT2D eigenvalue weighted by Crippen LogP contribution is 2.35. The molecule has 8 nitrogen and oxygen atoms in total. The largest absolute Gasteiger partial charge is 0.351 e. The van der Waals surface area contributed by atoms with Crippen LogP contribution in [0.25, 0.3) is 23.0 Å². The van der Waals surface area contributed by atoms with Crippen molar-refractivity contribution in [3.05, 3.63) is 71.3 Å². The lowest BCUT2D eigenvalue weighted by molar-refractivity contribution is -0.113. The minimum atomic E-state index is -3.63. The molecule has 3 aromatic rings. The van der Waals surface area contributed by atoms with Gasteiger partial charge in [0.15, 0.2) is 5.17 Å². The topological polar surface area (TPSA) is 87.9 Å². The molecule has 2 saturated heterocycles. The number of hydrogen-bond donors (Lipinski definition) is 0. The van der Waals surface area contributed by atoms with Crippen molar-refractivity contribution in [3.8, 4) is 16.9 Å². The molecule has 6 rings (SSSR count). The summed E-state index contributed by atoms with van der Waals surface area (Å²) in [6.07, 6.45) is 9.06. The lowest BCUT2D eigenvalue weighted by Crippen LogP contribution is -2.39. The number of aliphatic imine (C=N–C) groups is 1. The van der Waals surface area contributed by atoms with Crippen LogP contribution in [0.3, 0.4) is 0 Å². The molecule has 1 aromatic heterocycles. The summed E-state index contributed by atoms with van der Waals surface area (Å²) in [7, 11) is -3.63. The zero-order chi connectivity index (χ0) is 27.7. The van der Waals surface area contributed by atoms with Crippen molar-refractivity contribution in [1.82, 2.24) is 19.0 Å². The second-order valence-corrected chi connectivity index (χ2v) is 13.7. The van der Waals surface area contributed by atoms with Gasteiger partial charge in [-0.3, -0.25) is 4.79 Å². The number of likely N-dealkylation sites (tertiary alicyclic amines) is 1. The smallest absolute Gasteiger partial charge is 0.286 e. The van der Waals surface area contributed by atoms with Gasteiger partial charge in [-0.05, 0) is 80.1 Å². The maximum atomic E-state index is 13.6. The first-order chi connectivity index (χ1) is 19.4. The van der Waals surface area contributed by atoms with E-state index in [1.54, 1.807) is 27.2 Å². The number of para-hydroxylation sites is 1. The van der Waals surface area contributed by atoms with Crippen LogP contribution in [0.2, 0.25) is 0 Å². The number of amides is 1. The van der Waals surface area contributed by atoms with Crippen molar-refractivity contribution in [3.63, 3.8) is 0 Å². The lowest BCUT2D eigenvalue weighted by Gasteiger charge is -2.30. The molecule has 0 radical (unpaired) electrons. The molecule has 0 N–H and O–H groups in total. The van der Waals surface area contributed by atoms with Gasteiger partial charge in [0.2, 0.25) is 10.0 Å². The summed E-state index contributed by atoms with van der Waals surface area (Å²) in [5, 5.41) is 5.63. The summed E-state index contributed by atoms with van der Waals surface area (Å²) in [4.78, 5) is 20.3. The highest BCUT2D eigenvalue weighted by Gasteiger charge is 2.30. The van der Waals surface area contributed by atoms with Gasteiger partial charge >= 0.3 is 0 Å². The van der Waals surface area contributed by atoms with E-state index in [0.29, 0.717) is 35.2 Å². The monoisotopic (exact) mass is 575 g/mol. The molecular weight excluding hydrogens is 542 g/mol. The fraction of sp³-hybridized carbons (Fsp3) is 0.367. The third kappa shape index (κ3) is 5.53. The Bertz CT molecular complexity index is 1570. The molecule has 2 fully saturated rings. The van der Waals surface area contributed by atoms with E-state index < -0.39 is 10.0 Å². The average Bonchev–Trinajstić information content (AvgIpc) is 3.58. The van der Waals surface area contributed by atoms with Crippen molar-refractivity contribution in [2.24, 2.45) is 10.9 Å². The Morgan fingerprint density at radius 1 is 0.975 bits per heavy atom. The summed E-state index contributed by atoms with van der Waals surface area (Å²) >= 11 is 1.40. The number of piperidine rings is 2. The Morgan fingerprint density at radius 3 is 2.55 bits per heavy atom. The van der Waals surface area contributed by atoms with Crippen LogP contribution in [0.4, 0.5) is 0 Å². The summed E-state index contributed by atoms with van der Waals surface area (Å²) in [6, 6.07) is 16.7. The Morgan fingerprint density at radius 2 is 1.77 bits per heavy atom. The maximum Gasteiger partial charge on any atom is 0.286 e. The van der Waals surface area contributed by atoms with E-state index in [4.69, 9.17) is 5.10 Å².